The summed E-state index contributed by atoms with van der Waals surface area (Å²) in [6.07, 6.45) is 1.71. The third-order valence-corrected chi connectivity index (χ3v) is 3.77. The molecule has 0 spiro atoms. The molecule has 0 saturated heterocycles. The third kappa shape index (κ3) is 3.72. The van der Waals surface area contributed by atoms with Gasteiger partial charge in [0.05, 0.1) is 10.0 Å². The van der Waals surface area contributed by atoms with Gasteiger partial charge in [-0.1, -0.05) is 23.2 Å². The molecular formula is C12H12Cl2N4S. The van der Waals surface area contributed by atoms with E-state index in [0.717, 1.165) is 12.2 Å². The highest BCUT2D eigenvalue weighted by Gasteiger charge is 2.11. The standard InChI is InChI=1S/C12H12Cl2N4S/c1-3-15-10-8(13)6-9(14)11(18-10)19-12-16-5-4-7(2)17-12/h4-6H,3H2,1-2H3,(H,15,18). The minimum atomic E-state index is 0.488. The lowest BCUT2D eigenvalue weighted by atomic mass is 10.4. The first-order chi connectivity index (χ1) is 9.10. The van der Waals surface area contributed by atoms with Crippen molar-refractivity contribution in [2.24, 2.45) is 0 Å². The van der Waals surface area contributed by atoms with Crippen LogP contribution in [-0.2, 0) is 0 Å². The summed E-state index contributed by atoms with van der Waals surface area (Å²) in [7, 11) is 0. The van der Waals surface area contributed by atoms with Crippen LogP contribution in [0, 0.1) is 6.92 Å². The maximum Gasteiger partial charge on any atom is 0.194 e. The zero-order valence-electron chi connectivity index (χ0n) is 10.4. The molecule has 19 heavy (non-hydrogen) atoms. The number of nitrogens with zero attached hydrogens (tertiary/aromatic N) is 3. The first-order valence-electron chi connectivity index (χ1n) is 5.67. The van der Waals surface area contributed by atoms with Gasteiger partial charge in [0.15, 0.2) is 5.16 Å². The predicted octanol–water partition coefficient (Wildman–Crippen LogP) is 4.07. The van der Waals surface area contributed by atoms with Gasteiger partial charge in [-0.25, -0.2) is 15.0 Å². The maximum atomic E-state index is 6.14. The van der Waals surface area contributed by atoms with Crippen molar-refractivity contribution in [1.29, 1.82) is 0 Å². The van der Waals surface area contributed by atoms with Gasteiger partial charge < -0.3 is 5.32 Å². The quantitative estimate of drug-likeness (QED) is 0.862. The number of rotatable bonds is 4. The molecular weight excluding hydrogens is 303 g/mol. The fourth-order valence-electron chi connectivity index (χ4n) is 1.37. The highest BCUT2D eigenvalue weighted by molar-refractivity contribution is 7.99. The highest BCUT2D eigenvalue weighted by atomic mass is 35.5. The highest BCUT2D eigenvalue weighted by Crippen LogP contribution is 2.34. The van der Waals surface area contributed by atoms with Gasteiger partial charge in [-0.15, -0.1) is 0 Å². The zero-order chi connectivity index (χ0) is 13.8. The molecule has 0 atom stereocenters. The Labute approximate surface area is 126 Å². The monoisotopic (exact) mass is 314 g/mol. The summed E-state index contributed by atoms with van der Waals surface area (Å²) in [5.74, 6) is 0.615. The van der Waals surface area contributed by atoms with Crippen LogP contribution in [0.5, 0.6) is 0 Å². The second-order valence-corrected chi connectivity index (χ2v) is 5.49. The molecule has 0 fully saturated rings. The number of halogens is 2. The van der Waals surface area contributed by atoms with Crippen LogP contribution in [0.4, 0.5) is 5.82 Å². The summed E-state index contributed by atoms with van der Waals surface area (Å²) in [4.78, 5) is 12.9. The zero-order valence-corrected chi connectivity index (χ0v) is 12.8. The SMILES string of the molecule is CCNc1nc(Sc2nccc(C)n2)c(Cl)cc1Cl. The molecule has 0 aliphatic carbocycles. The van der Waals surface area contributed by atoms with Crippen LogP contribution in [0.3, 0.4) is 0 Å². The summed E-state index contributed by atoms with van der Waals surface area (Å²) in [5.41, 5.74) is 0.898. The van der Waals surface area contributed by atoms with E-state index >= 15 is 0 Å². The third-order valence-electron chi connectivity index (χ3n) is 2.20. The van der Waals surface area contributed by atoms with Gasteiger partial charge in [0.1, 0.15) is 10.8 Å². The van der Waals surface area contributed by atoms with E-state index in [4.69, 9.17) is 23.2 Å². The molecule has 0 saturated carbocycles. The van der Waals surface area contributed by atoms with Gasteiger partial charge in [0.2, 0.25) is 0 Å². The number of hydrogen-bond acceptors (Lipinski definition) is 5. The molecule has 4 nitrogen and oxygen atoms in total. The molecule has 2 heterocycles. The Morgan fingerprint density at radius 3 is 2.74 bits per heavy atom. The Hall–Kier alpha value is -1.04. The summed E-state index contributed by atoms with van der Waals surface area (Å²) < 4.78 is 0. The Morgan fingerprint density at radius 2 is 2.05 bits per heavy atom. The molecule has 0 unspecified atom stereocenters. The van der Waals surface area contributed by atoms with Gasteiger partial charge in [-0.2, -0.15) is 0 Å². The summed E-state index contributed by atoms with van der Waals surface area (Å²) in [6.45, 7) is 4.62. The second kappa shape index (κ2) is 6.41. The molecule has 0 amide bonds. The predicted molar refractivity (Wildman–Crippen MR) is 79.3 cm³/mol. The van der Waals surface area contributed by atoms with Crippen molar-refractivity contribution in [3.05, 3.63) is 34.1 Å². The second-order valence-electron chi connectivity index (χ2n) is 3.72. The Bertz CT molecular complexity index is 592. The van der Waals surface area contributed by atoms with Crippen LogP contribution < -0.4 is 5.32 Å². The van der Waals surface area contributed by atoms with Crippen LogP contribution >= 0.6 is 35.0 Å². The van der Waals surface area contributed by atoms with Gasteiger partial charge in [0.25, 0.3) is 0 Å². The van der Waals surface area contributed by atoms with Crippen LogP contribution in [0.15, 0.2) is 28.5 Å². The first-order valence-corrected chi connectivity index (χ1v) is 7.24. The van der Waals surface area contributed by atoms with Crippen molar-refractivity contribution in [2.75, 3.05) is 11.9 Å². The van der Waals surface area contributed by atoms with E-state index < -0.39 is 0 Å². The van der Waals surface area contributed by atoms with E-state index in [2.05, 4.69) is 20.3 Å². The molecule has 1 N–H and O–H groups in total. The lowest BCUT2D eigenvalue weighted by molar-refractivity contribution is 0.927. The van der Waals surface area contributed by atoms with E-state index in [9.17, 15) is 0 Å². The minimum Gasteiger partial charge on any atom is -0.369 e. The van der Waals surface area contributed by atoms with Gasteiger partial charge in [0, 0.05) is 18.4 Å². The van der Waals surface area contributed by atoms with Gasteiger partial charge >= 0.3 is 0 Å². The number of pyridine rings is 1. The van der Waals surface area contributed by atoms with Crippen LogP contribution in [0.2, 0.25) is 10.0 Å². The summed E-state index contributed by atoms with van der Waals surface area (Å²) in [5, 5.41) is 5.32. The topological polar surface area (TPSA) is 50.7 Å². The van der Waals surface area contributed by atoms with Crippen molar-refractivity contribution in [1.82, 2.24) is 15.0 Å². The number of anilines is 1. The average molecular weight is 315 g/mol. The molecule has 0 aromatic carbocycles. The lowest BCUT2D eigenvalue weighted by Gasteiger charge is -2.09. The number of aryl methyl sites for hydroxylation is 1. The largest absolute Gasteiger partial charge is 0.369 e. The van der Waals surface area contributed by atoms with Crippen molar-refractivity contribution in [2.45, 2.75) is 24.0 Å². The number of aromatic nitrogens is 3. The molecule has 0 aliphatic heterocycles. The molecule has 2 aromatic heterocycles. The average Bonchev–Trinajstić information content (AvgIpc) is 2.35. The summed E-state index contributed by atoms with van der Waals surface area (Å²) >= 11 is 13.5. The molecule has 100 valence electrons. The van der Waals surface area contributed by atoms with E-state index in [-0.39, 0.29) is 0 Å². The Morgan fingerprint density at radius 1 is 1.26 bits per heavy atom. The molecule has 2 rings (SSSR count). The van der Waals surface area contributed by atoms with Crippen LogP contribution in [-0.4, -0.2) is 21.5 Å². The van der Waals surface area contributed by atoms with Gasteiger partial charge in [-0.05, 0) is 37.7 Å². The molecule has 0 bridgehead atoms. The van der Waals surface area contributed by atoms with Crippen molar-refractivity contribution < 1.29 is 0 Å². The van der Waals surface area contributed by atoms with Crippen molar-refractivity contribution in [3.8, 4) is 0 Å². The minimum absolute atomic E-state index is 0.488. The Balaban J connectivity index is 2.31. The molecule has 2 aromatic rings. The normalized spacial score (nSPS) is 10.5. The van der Waals surface area contributed by atoms with E-state index in [1.54, 1.807) is 12.3 Å². The molecule has 0 radical (unpaired) electrons. The van der Waals surface area contributed by atoms with Gasteiger partial charge in [-0.3, -0.25) is 0 Å². The molecule has 0 aliphatic rings. The smallest absolute Gasteiger partial charge is 0.194 e. The fourth-order valence-corrected chi connectivity index (χ4v) is 2.68. The number of hydrogen-bond donors (Lipinski definition) is 1. The van der Waals surface area contributed by atoms with E-state index in [1.165, 1.54) is 11.8 Å². The lowest BCUT2D eigenvalue weighted by Crippen LogP contribution is -2.01. The van der Waals surface area contributed by atoms with Crippen LogP contribution in [0.25, 0.3) is 0 Å². The maximum absolute atomic E-state index is 6.14. The molecule has 7 heteroatoms. The fraction of sp³-hybridized carbons (Fsp3) is 0.250. The van der Waals surface area contributed by atoms with Crippen LogP contribution in [0.1, 0.15) is 12.6 Å². The Kier molecular flexibility index (Phi) is 4.85. The van der Waals surface area contributed by atoms with E-state index in [1.807, 2.05) is 19.9 Å². The van der Waals surface area contributed by atoms with Crippen molar-refractivity contribution >= 4 is 40.8 Å². The van der Waals surface area contributed by atoms with Crippen molar-refractivity contribution in [3.63, 3.8) is 0 Å². The summed E-state index contributed by atoms with van der Waals surface area (Å²) in [6, 6.07) is 3.51. The first kappa shape index (κ1) is 14.4. The number of nitrogens with one attached hydrogen (secondary N) is 1. The van der Waals surface area contributed by atoms with E-state index in [0.29, 0.717) is 26.0 Å².